The van der Waals surface area contributed by atoms with E-state index in [9.17, 15) is 5.11 Å². The van der Waals surface area contributed by atoms with Crippen LogP contribution in [-0.2, 0) is 0 Å². The number of rotatable bonds is 1. The molecule has 1 fully saturated rings. The van der Waals surface area contributed by atoms with Crippen LogP contribution in [0.15, 0.2) is 11.7 Å². The van der Waals surface area contributed by atoms with E-state index in [0.717, 1.165) is 29.0 Å². The van der Waals surface area contributed by atoms with Crippen molar-refractivity contribution in [2.75, 3.05) is 18.0 Å². The van der Waals surface area contributed by atoms with Crippen LogP contribution in [0.1, 0.15) is 18.9 Å². The second kappa shape index (κ2) is 4.48. The maximum absolute atomic E-state index is 10.0. The zero-order chi connectivity index (χ0) is 12.7. The number of aliphatic hydroxyl groups excluding tert-OH is 1. The van der Waals surface area contributed by atoms with Crippen molar-refractivity contribution in [3.63, 3.8) is 0 Å². The number of hydrogen-bond acceptors (Lipinski definition) is 5. The van der Waals surface area contributed by atoms with Crippen LogP contribution < -0.4 is 4.90 Å². The second-order valence-corrected chi connectivity index (χ2v) is 5.95. The molecule has 1 aliphatic heterocycles. The minimum atomic E-state index is -0.259. The normalized spacial score (nSPS) is 24.7. The van der Waals surface area contributed by atoms with Gasteiger partial charge in [0.05, 0.1) is 16.3 Å². The summed E-state index contributed by atoms with van der Waals surface area (Å²) in [6.07, 6.45) is 2.38. The van der Waals surface area contributed by atoms with Crippen LogP contribution >= 0.6 is 11.3 Å². The van der Waals surface area contributed by atoms with E-state index < -0.39 is 0 Å². The molecule has 0 aliphatic carbocycles. The van der Waals surface area contributed by atoms with Gasteiger partial charge in [-0.15, -0.1) is 11.3 Å². The monoisotopic (exact) mass is 263 g/mol. The molecular formula is C13H17N3OS. The fraction of sp³-hybridized carbons (Fsp3) is 0.538. The number of fused-ring (bicyclic) bond motifs is 1. The fourth-order valence-corrected chi connectivity index (χ4v) is 3.44. The average Bonchev–Trinajstić information content (AvgIpc) is 2.75. The van der Waals surface area contributed by atoms with Crippen LogP contribution in [0.25, 0.3) is 10.2 Å². The molecule has 18 heavy (non-hydrogen) atoms. The number of hydrogen-bond donors (Lipinski definition) is 1. The van der Waals surface area contributed by atoms with E-state index in [2.05, 4.69) is 34.1 Å². The number of piperidine rings is 1. The van der Waals surface area contributed by atoms with Crippen LogP contribution in [0, 0.1) is 12.8 Å². The quantitative estimate of drug-likeness (QED) is 0.857. The molecule has 96 valence electrons. The number of aliphatic hydroxyl groups is 1. The van der Waals surface area contributed by atoms with Gasteiger partial charge in [-0.3, -0.25) is 0 Å². The van der Waals surface area contributed by atoms with Gasteiger partial charge in [0.25, 0.3) is 0 Å². The molecule has 3 rings (SSSR count). The number of thiophene rings is 1. The van der Waals surface area contributed by atoms with Gasteiger partial charge in [-0.1, -0.05) is 6.92 Å². The summed E-state index contributed by atoms with van der Waals surface area (Å²) in [6, 6.07) is 0. The third kappa shape index (κ3) is 1.87. The van der Waals surface area contributed by atoms with Crippen LogP contribution in [0.2, 0.25) is 0 Å². The zero-order valence-corrected chi connectivity index (χ0v) is 11.4. The Morgan fingerprint density at radius 1 is 1.44 bits per heavy atom. The summed E-state index contributed by atoms with van der Waals surface area (Å²) in [5.74, 6) is 1.35. The first-order valence-corrected chi connectivity index (χ1v) is 7.16. The molecule has 0 bridgehead atoms. The number of aryl methyl sites for hydroxylation is 1. The number of anilines is 1. The lowest BCUT2D eigenvalue weighted by Gasteiger charge is -2.35. The molecule has 2 atom stereocenters. The highest BCUT2D eigenvalue weighted by atomic mass is 32.1. The van der Waals surface area contributed by atoms with Gasteiger partial charge in [-0.2, -0.15) is 0 Å². The molecule has 1 N–H and O–H groups in total. The van der Waals surface area contributed by atoms with Crippen molar-refractivity contribution in [2.24, 2.45) is 5.92 Å². The predicted molar refractivity (Wildman–Crippen MR) is 74.2 cm³/mol. The first-order chi connectivity index (χ1) is 8.66. The topological polar surface area (TPSA) is 49.2 Å². The van der Waals surface area contributed by atoms with Crippen LogP contribution in [-0.4, -0.2) is 34.3 Å². The predicted octanol–water partition coefficient (Wildman–Crippen LogP) is 2.21. The Kier molecular flexibility index (Phi) is 2.95. The molecular weight excluding hydrogens is 246 g/mol. The van der Waals surface area contributed by atoms with Crippen LogP contribution in [0.4, 0.5) is 5.82 Å². The molecule has 0 saturated carbocycles. The van der Waals surface area contributed by atoms with Crippen molar-refractivity contribution in [3.8, 4) is 0 Å². The Balaban J connectivity index is 1.99. The Morgan fingerprint density at radius 3 is 3.06 bits per heavy atom. The molecule has 1 saturated heterocycles. The van der Waals surface area contributed by atoms with Gasteiger partial charge >= 0.3 is 0 Å². The molecule has 1 aliphatic rings. The van der Waals surface area contributed by atoms with Gasteiger partial charge in [-0.25, -0.2) is 9.97 Å². The van der Waals surface area contributed by atoms with Crippen molar-refractivity contribution in [2.45, 2.75) is 26.4 Å². The first-order valence-electron chi connectivity index (χ1n) is 6.28. The van der Waals surface area contributed by atoms with Gasteiger partial charge in [0.2, 0.25) is 0 Å². The van der Waals surface area contributed by atoms with Crippen molar-refractivity contribution < 1.29 is 5.11 Å². The number of β-amino-alcohol motifs (C(OH)–C–C–N with tert-alkyl or cyclic N) is 1. The minimum absolute atomic E-state index is 0.259. The van der Waals surface area contributed by atoms with E-state index in [1.54, 1.807) is 17.7 Å². The summed E-state index contributed by atoms with van der Waals surface area (Å²) in [5, 5.41) is 12.1. The molecule has 0 aromatic carbocycles. The first kappa shape index (κ1) is 11.9. The lowest BCUT2D eigenvalue weighted by molar-refractivity contribution is 0.103. The van der Waals surface area contributed by atoms with Gasteiger partial charge in [0, 0.05) is 13.1 Å². The molecule has 4 nitrogen and oxygen atoms in total. The zero-order valence-electron chi connectivity index (χ0n) is 10.6. The lowest BCUT2D eigenvalue weighted by Crippen LogP contribution is -2.43. The average molecular weight is 263 g/mol. The van der Waals surface area contributed by atoms with Crippen molar-refractivity contribution in [3.05, 3.63) is 17.3 Å². The third-order valence-corrected chi connectivity index (χ3v) is 4.81. The Morgan fingerprint density at radius 2 is 2.28 bits per heavy atom. The summed E-state index contributed by atoms with van der Waals surface area (Å²) in [5.41, 5.74) is 2.24. The summed E-state index contributed by atoms with van der Waals surface area (Å²) in [7, 11) is 0. The van der Waals surface area contributed by atoms with Crippen molar-refractivity contribution in [1.29, 1.82) is 0 Å². The van der Waals surface area contributed by atoms with Gasteiger partial charge in [0.1, 0.15) is 12.1 Å². The molecule has 2 aromatic rings. The lowest BCUT2D eigenvalue weighted by atomic mass is 9.96. The smallest absolute Gasteiger partial charge is 0.150 e. The van der Waals surface area contributed by atoms with E-state index in [1.165, 1.54) is 5.56 Å². The van der Waals surface area contributed by atoms with Crippen molar-refractivity contribution >= 4 is 27.4 Å². The van der Waals surface area contributed by atoms with Crippen molar-refractivity contribution in [1.82, 2.24) is 9.97 Å². The highest BCUT2D eigenvalue weighted by molar-refractivity contribution is 7.18. The van der Waals surface area contributed by atoms with E-state index in [4.69, 9.17) is 0 Å². The van der Waals surface area contributed by atoms with Gasteiger partial charge < -0.3 is 10.0 Å². The van der Waals surface area contributed by atoms with E-state index in [1.807, 2.05) is 0 Å². The molecule has 5 heteroatoms. The van der Waals surface area contributed by atoms with Gasteiger partial charge in [-0.05, 0) is 30.2 Å². The number of aromatic nitrogens is 2. The van der Waals surface area contributed by atoms with Crippen LogP contribution in [0.5, 0.6) is 0 Å². The highest BCUT2D eigenvalue weighted by Crippen LogP contribution is 2.32. The summed E-state index contributed by atoms with van der Waals surface area (Å²) in [6.45, 7) is 5.81. The SMILES string of the molecule is Cc1csc2c(N3CCC(C)C(O)C3)ncnc12. The molecule has 0 amide bonds. The molecule has 0 radical (unpaired) electrons. The maximum atomic E-state index is 10.0. The van der Waals surface area contributed by atoms with Gasteiger partial charge in [0.15, 0.2) is 0 Å². The fourth-order valence-electron chi connectivity index (χ4n) is 2.42. The third-order valence-electron chi connectivity index (χ3n) is 3.73. The van der Waals surface area contributed by atoms with E-state index in [0.29, 0.717) is 12.5 Å². The second-order valence-electron chi connectivity index (χ2n) is 5.07. The molecule has 0 spiro atoms. The molecule has 2 aromatic heterocycles. The maximum Gasteiger partial charge on any atom is 0.150 e. The Labute approximate surface area is 110 Å². The Hall–Kier alpha value is -1.20. The van der Waals surface area contributed by atoms with Crippen LogP contribution in [0.3, 0.4) is 0 Å². The standard InChI is InChI=1S/C13H17N3OS/c1-8-3-4-16(5-10(8)17)13-12-11(14-7-15-13)9(2)6-18-12/h6-8,10,17H,3-5H2,1-2H3. The minimum Gasteiger partial charge on any atom is -0.391 e. The summed E-state index contributed by atoms with van der Waals surface area (Å²) in [4.78, 5) is 10.9. The van der Waals surface area contributed by atoms with E-state index in [-0.39, 0.29) is 6.10 Å². The molecule has 3 heterocycles. The van der Waals surface area contributed by atoms with E-state index >= 15 is 0 Å². The molecule has 2 unspecified atom stereocenters. The summed E-state index contributed by atoms with van der Waals surface area (Å²) < 4.78 is 1.14. The summed E-state index contributed by atoms with van der Waals surface area (Å²) >= 11 is 1.69. The Bertz CT molecular complexity index is 568. The largest absolute Gasteiger partial charge is 0.391 e. The number of nitrogens with zero attached hydrogens (tertiary/aromatic N) is 3. The highest BCUT2D eigenvalue weighted by Gasteiger charge is 2.26.